The molecule has 1 aromatic rings. The first-order valence-corrected chi connectivity index (χ1v) is 13.9. The standard InChI is InChI=1S/C30H43N3O3S/c1-22(16-17-33(5)6)14-15-24(3)19-27-20-29-32-26(21-37-29)11-7-8-12-28(34)31-25(4)18-23(2)10-9-13-30(35)36-27/h9-10,13-16,19,21,25,27H,7-8,11-12,17-18,20H2,1-6H3,(H,31,34)/b13-9-,15-14+,22-16+,23-10+,24-19+. The Morgan fingerprint density at radius 3 is 2.65 bits per heavy atom. The van der Waals surface area contributed by atoms with Gasteiger partial charge in [0.05, 0.1) is 10.7 Å². The highest BCUT2D eigenvalue weighted by atomic mass is 32.1. The smallest absolute Gasteiger partial charge is 0.331 e. The molecule has 37 heavy (non-hydrogen) atoms. The van der Waals surface area contributed by atoms with Gasteiger partial charge in [-0.3, -0.25) is 4.79 Å². The summed E-state index contributed by atoms with van der Waals surface area (Å²) in [6.45, 7) is 8.98. The number of amides is 1. The highest BCUT2D eigenvalue weighted by molar-refractivity contribution is 7.09. The molecule has 2 bridgehead atoms. The molecule has 7 heteroatoms. The molecule has 0 fully saturated rings. The number of nitrogens with zero attached hydrogens (tertiary/aromatic N) is 2. The molecule has 2 heterocycles. The SMILES string of the molecule is CC(/C=C/C(C)=C/C1Cc2nc(cs2)CCCCC(=O)NC(C)C/C(C)=C/C=C\C(=O)O1)=C\CN(C)C. The van der Waals surface area contributed by atoms with Crippen LogP contribution in [0.1, 0.15) is 64.1 Å². The van der Waals surface area contributed by atoms with Gasteiger partial charge in [-0.15, -0.1) is 11.3 Å². The number of rotatable bonds is 5. The van der Waals surface area contributed by atoms with Crippen molar-refractivity contribution in [2.45, 2.75) is 78.4 Å². The zero-order chi connectivity index (χ0) is 27.2. The van der Waals surface area contributed by atoms with Crippen LogP contribution in [0.5, 0.6) is 0 Å². The van der Waals surface area contributed by atoms with Gasteiger partial charge in [0.2, 0.25) is 5.91 Å². The number of cyclic esters (lactones) is 1. The number of likely N-dealkylation sites (N-methyl/N-ethyl adjacent to an activating group) is 1. The molecule has 202 valence electrons. The zero-order valence-electron chi connectivity index (χ0n) is 23.3. The Hall–Kier alpha value is -2.77. The van der Waals surface area contributed by atoms with Crippen LogP contribution < -0.4 is 5.32 Å². The number of hydrogen-bond acceptors (Lipinski definition) is 6. The fraction of sp³-hybridized carbons (Fsp3) is 0.500. The van der Waals surface area contributed by atoms with Gasteiger partial charge < -0.3 is 15.0 Å². The summed E-state index contributed by atoms with van der Waals surface area (Å²) in [5.74, 6) is -0.307. The van der Waals surface area contributed by atoms with E-state index in [9.17, 15) is 9.59 Å². The van der Waals surface area contributed by atoms with Gasteiger partial charge in [0, 0.05) is 36.9 Å². The van der Waals surface area contributed by atoms with Crippen LogP contribution in [0.25, 0.3) is 0 Å². The van der Waals surface area contributed by atoms with Gasteiger partial charge in [-0.25, -0.2) is 9.78 Å². The van der Waals surface area contributed by atoms with E-state index in [1.54, 1.807) is 17.4 Å². The lowest BCUT2D eigenvalue weighted by Crippen LogP contribution is -2.32. The summed E-state index contributed by atoms with van der Waals surface area (Å²) in [6, 6.07) is 0.0409. The molecule has 1 N–H and O–H groups in total. The van der Waals surface area contributed by atoms with Crippen molar-refractivity contribution in [2.24, 2.45) is 0 Å². The molecule has 0 saturated heterocycles. The molecular formula is C30H43N3O3S. The maximum Gasteiger partial charge on any atom is 0.331 e. The maximum atomic E-state index is 12.6. The molecule has 6 nitrogen and oxygen atoms in total. The normalized spacial score (nSPS) is 24.0. The predicted octanol–water partition coefficient (Wildman–Crippen LogP) is 5.73. The summed E-state index contributed by atoms with van der Waals surface area (Å²) in [6.07, 6.45) is 17.3. The second-order valence-electron chi connectivity index (χ2n) is 10.1. The van der Waals surface area contributed by atoms with E-state index in [4.69, 9.17) is 9.72 Å². The Morgan fingerprint density at radius 2 is 1.89 bits per heavy atom. The molecule has 0 aliphatic carbocycles. The lowest BCUT2D eigenvalue weighted by atomic mass is 10.1. The fourth-order valence-electron chi connectivity index (χ4n) is 3.89. The van der Waals surface area contributed by atoms with E-state index in [-0.39, 0.29) is 17.9 Å². The lowest BCUT2D eigenvalue weighted by Gasteiger charge is -2.14. The van der Waals surface area contributed by atoms with Gasteiger partial charge in [-0.05, 0) is 73.5 Å². The third-order valence-corrected chi connectivity index (χ3v) is 6.73. The minimum Gasteiger partial charge on any atom is -0.454 e. The average Bonchev–Trinajstić information content (AvgIpc) is 3.25. The van der Waals surface area contributed by atoms with Gasteiger partial charge >= 0.3 is 5.97 Å². The number of carbonyl (C=O) groups excluding carboxylic acids is 2. The van der Waals surface area contributed by atoms with E-state index in [0.29, 0.717) is 12.8 Å². The molecule has 2 rings (SSSR count). The number of aryl methyl sites for hydroxylation is 1. The van der Waals surface area contributed by atoms with Crippen LogP contribution in [0, 0.1) is 0 Å². The molecule has 2 unspecified atom stereocenters. The number of allylic oxidation sites excluding steroid dienone is 6. The largest absolute Gasteiger partial charge is 0.454 e. The quantitative estimate of drug-likeness (QED) is 0.393. The Labute approximate surface area is 226 Å². The number of fused-ring (bicyclic) bond motifs is 2. The highest BCUT2D eigenvalue weighted by Gasteiger charge is 2.15. The van der Waals surface area contributed by atoms with Gasteiger partial charge in [-0.2, -0.15) is 0 Å². The molecule has 1 aliphatic rings. The summed E-state index contributed by atoms with van der Waals surface area (Å²) >= 11 is 1.59. The van der Waals surface area contributed by atoms with Crippen LogP contribution in [0.15, 0.2) is 64.6 Å². The predicted molar refractivity (Wildman–Crippen MR) is 154 cm³/mol. The van der Waals surface area contributed by atoms with E-state index in [1.807, 2.05) is 47.0 Å². The highest BCUT2D eigenvalue weighted by Crippen LogP contribution is 2.18. The molecule has 0 spiro atoms. The minimum atomic E-state index is -0.416. The number of esters is 1. The molecular weight excluding hydrogens is 482 g/mol. The second kappa shape index (κ2) is 16.2. The number of carbonyl (C=O) groups is 2. The first-order chi connectivity index (χ1) is 17.6. The van der Waals surface area contributed by atoms with Gasteiger partial charge in [0.25, 0.3) is 0 Å². The van der Waals surface area contributed by atoms with Crippen LogP contribution >= 0.6 is 11.3 Å². The van der Waals surface area contributed by atoms with Crippen molar-refractivity contribution < 1.29 is 14.3 Å². The first-order valence-electron chi connectivity index (χ1n) is 13.1. The maximum absolute atomic E-state index is 12.6. The van der Waals surface area contributed by atoms with E-state index >= 15 is 0 Å². The van der Waals surface area contributed by atoms with Gasteiger partial charge in [-0.1, -0.05) is 47.1 Å². The molecule has 2 atom stereocenters. The van der Waals surface area contributed by atoms with Crippen molar-refractivity contribution in [2.75, 3.05) is 20.6 Å². The van der Waals surface area contributed by atoms with Crippen molar-refractivity contribution in [1.82, 2.24) is 15.2 Å². The Bertz CT molecular complexity index is 1050. The van der Waals surface area contributed by atoms with Crippen LogP contribution in [-0.4, -0.2) is 54.5 Å². The Kier molecular flexibility index (Phi) is 13.3. The van der Waals surface area contributed by atoms with Crippen molar-refractivity contribution >= 4 is 23.2 Å². The summed E-state index contributed by atoms with van der Waals surface area (Å²) in [7, 11) is 4.09. The summed E-state index contributed by atoms with van der Waals surface area (Å²) < 4.78 is 5.83. The number of ether oxygens (including phenoxy) is 1. The van der Waals surface area contributed by atoms with Crippen molar-refractivity contribution in [3.63, 3.8) is 0 Å². The molecule has 0 saturated carbocycles. The first kappa shape index (κ1) is 30.5. The second-order valence-corrected chi connectivity index (χ2v) is 11.1. The number of aromatic nitrogens is 1. The van der Waals surface area contributed by atoms with E-state index in [0.717, 1.165) is 54.1 Å². The third kappa shape index (κ3) is 13.4. The molecule has 1 aliphatic heterocycles. The molecule has 0 aromatic carbocycles. The zero-order valence-corrected chi connectivity index (χ0v) is 24.1. The van der Waals surface area contributed by atoms with Crippen molar-refractivity contribution in [3.8, 4) is 0 Å². The Morgan fingerprint density at radius 1 is 1.16 bits per heavy atom. The summed E-state index contributed by atoms with van der Waals surface area (Å²) in [4.78, 5) is 31.8. The summed E-state index contributed by atoms with van der Waals surface area (Å²) in [5.41, 5.74) is 4.31. The van der Waals surface area contributed by atoms with E-state index in [1.165, 1.54) is 11.6 Å². The average molecular weight is 526 g/mol. The van der Waals surface area contributed by atoms with Crippen molar-refractivity contribution in [3.05, 3.63) is 75.3 Å². The van der Waals surface area contributed by atoms with Crippen LogP contribution in [0.2, 0.25) is 0 Å². The number of hydrogen-bond donors (Lipinski definition) is 1. The van der Waals surface area contributed by atoms with Crippen LogP contribution in [0.3, 0.4) is 0 Å². The van der Waals surface area contributed by atoms with Gasteiger partial charge in [0.15, 0.2) is 0 Å². The molecule has 0 radical (unpaired) electrons. The monoisotopic (exact) mass is 525 g/mol. The van der Waals surface area contributed by atoms with Crippen molar-refractivity contribution in [1.29, 1.82) is 0 Å². The van der Waals surface area contributed by atoms with Crippen LogP contribution in [0.4, 0.5) is 0 Å². The van der Waals surface area contributed by atoms with Gasteiger partial charge in [0.1, 0.15) is 6.10 Å². The fourth-order valence-corrected chi connectivity index (χ4v) is 4.76. The number of nitrogens with one attached hydrogen (secondary N) is 1. The van der Waals surface area contributed by atoms with Crippen LogP contribution in [-0.2, 0) is 27.2 Å². The topological polar surface area (TPSA) is 71.5 Å². The van der Waals surface area contributed by atoms with E-state index < -0.39 is 6.10 Å². The Balaban J connectivity index is 2.21. The molecule has 1 amide bonds. The van der Waals surface area contributed by atoms with E-state index in [2.05, 4.69) is 40.7 Å². The molecule has 1 aromatic heterocycles. The lowest BCUT2D eigenvalue weighted by molar-refractivity contribution is -0.140. The number of thiazole rings is 1. The minimum absolute atomic E-state index is 0.0409. The summed E-state index contributed by atoms with van der Waals surface area (Å²) in [5, 5.41) is 6.06. The third-order valence-electron chi connectivity index (χ3n) is 5.81.